The standard InChI is InChI=1S/C11H17NO3/c1-9(10-5-4-8-15-10)12-7-3-2-6-11(13)14/h4-5,8-9,12H,2-3,6-7H2,1H3,(H,13,14). The predicted molar refractivity (Wildman–Crippen MR) is 56.6 cm³/mol. The molecule has 0 aliphatic heterocycles. The lowest BCUT2D eigenvalue weighted by molar-refractivity contribution is -0.137. The summed E-state index contributed by atoms with van der Waals surface area (Å²) < 4.78 is 5.23. The van der Waals surface area contributed by atoms with E-state index >= 15 is 0 Å². The maximum Gasteiger partial charge on any atom is 0.303 e. The number of carboxylic acids is 1. The molecule has 0 radical (unpaired) electrons. The molecule has 0 bridgehead atoms. The Balaban J connectivity index is 2.08. The molecule has 1 rings (SSSR count). The van der Waals surface area contributed by atoms with Gasteiger partial charge in [0.2, 0.25) is 0 Å². The van der Waals surface area contributed by atoms with Crippen molar-refractivity contribution in [3.8, 4) is 0 Å². The van der Waals surface area contributed by atoms with Crippen molar-refractivity contribution in [2.75, 3.05) is 6.54 Å². The smallest absolute Gasteiger partial charge is 0.303 e. The first kappa shape index (κ1) is 11.8. The molecule has 0 aliphatic rings. The summed E-state index contributed by atoms with van der Waals surface area (Å²) in [6, 6.07) is 3.97. The SMILES string of the molecule is CC(NCCCCC(=O)O)c1ccco1. The highest BCUT2D eigenvalue weighted by Gasteiger charge is 2.06. The van der Waals surface area contributed by atoms with Crippen molar-refractivity contribution in [3.05, 3.63) is 24.2 Å². The molecular formula is C11H17NO3. The van der Waals surface area contributed by atoms with Crippen LogP contribution in [0.5, 0.6) is 0 Å². The van der Waals surface area contributed by atoms with Crippen LogP contribution in [-0.4, -0.2) is 17.6 Å². The average molecular weight is 211 g/mol. The number of carboxylic acid groups (broad SMARTS) is 1. The molecule has 15 heavy (non-hydrogen) atoms. The van der Waals surface area contributed by atoms with Crippen LogP contribution < -0.4 is 5.32 Å². The summed E-state index contributed by atoms with van der Waals surface area (Å²) in [4.78, 5) is 10.2. The molecule has 1 aromatic rings. The zero-order chi connectivity index (χ0) is 11.1. The van der Waals surface area contributed by atoms with Crippen molar-refractivity contribution in [1.29, 1.82) is 0 Å². The predicted octanol–water partition coefficient (Wildman–Crippen LogP) is 2.19. The average Bonchev–Trinajstić information content (AvgIpc) is 2.69. The van der Waals surface area contributed by atoms with E-state index in [1.54, 1.807) is 6.26 Å². The number of carbonyl (C=O) groups is 1. The first-order valence-corrected chi connectivity index (χ1v) is 5.18. The monoisotopic (exact) mass is 211 g/mol. The Hall–Kier alpha value is -1.29. The zero-order valence-electron chi connectivity index (χ0n) is 8.90. The summed E-state index contributed by atoms with van der Waals surface area (Å²) in [5.74, 6) is 0.183. The lowest BCUT2D eigenvalue weighted by atomic mass is 10.2. The number of nitrogens with one attached hydrogen (secondary N) is 1. The third-order valence-corrected chi connectivity index (χ3v) is 2.24. The van der Waals surface area contributed by atoms with Gasteiger partial charge in [-0.25, -0.2) is 0 Å². The Labute approximate surface area is 89.3 Å². The lowest BCUT2D eigenvalue weighted by Crippen LogP contribution is -2.19. The van der Waals surface area contributed by atoms with Gasteiger partial charge in [0.05, 0.1) is 12.3 Å². The molecule has 1 aromatic heterocycles. The minimum atomic E-state index is -0.728. The van der Waals surface area contributed by atoms with Gasteiger partial charge >= 0.3 is 5.97 Å². The van der Waals surface area contributed by atoms with Gasteiger partial charge < -0.3 is 14.8 Å². The maximum atomic E-state index is 10.2. The number of aliphatic carboxylic acids is 1. The summed E-state index contributed by atoms with van der Waals surface area (Å²) in [5.41, 5.74) is 0. The van der Waals surface area contributed by atoms with Gasteiger partial charge in [-0.3, -0.25) is 4.79 Å². The van der Waals surface area contributed by atoms with E-state index in [0.717, 1.165) is 18.7 Å². The summed E-state index contributed by atoms with van der Waals surface area (Å²) in [5, 5.41) is 11.7. The second-order valence-corrected chi connectivity index (χ2v) is 3.54. The van der Waals surface area contributed by atoms with E-state index in [9.17, 15) is 4.79 Å². The van der Waals surface area contributed by atoms with Crippen molar-refractivity contribution in [2.24, 2.45) is 0 Å². The van der Waals surface area contributed by atoms with E-state index in [0.29, 0.717) is 6.42 Å². The molecule has 0 aliphatic carbocycles. The normalized spacial score (nSPS) is 12.6. The van der Waals surface area contributed by atoms with Crippen LogP contribution in [0.15, 0.2) is 22.8 Å². The highest BCUT2D eigenvalue weighted by atomic mass is 16.4. The molecule has 1 heterocycles. The van der Waals surface area contributed by atoms with Gasteiger partial charge in [0, 0.05) is 6.42 Å². The molecule has 0 saturated carbocycles. The van der Waals surface area contributed by atoms with Gasteiger partial charge in [0.25, 0.3) is 0 Å². The topological polar surface area (TPSA) is 62.5 Å². The molecule has 1 atom stereocenters. The van der Waals surface area contributed by atoms with E-state index in [1.807, 2.05) is 19.1 Å². The second kappa shape index (κ2) is 6.24. The number of unbranched alkanes of at least 4 members (excludes halogenated alkanes) is 1. The maximum absolute atomic E-state index is 10.2. The molecule has 4 nitrogen and oxygen atoms in total. The molecule has 0 aromatic carbocycles. The molecule has 0 fully saturated rings. The highest BCUT2D eigenvalue weighted by Crippen LogP contribution is 2.11. The zero-order valence-corrected chi connectivity index (χ0v) is 8.90. The first-order valence-electron chi connectivity index (χ1n) is 5.18. The molecule has 0 saturated heterocycles. The van der Waals surface area contributed by atoms with Crippen LogP contribution >= 0.6 is 0 Å². The molecule has 0 amide bonds. The van der Waals surface area contributed by atoms with Crippen LogP contribution in [0.4, 0.5) is 0 Å². The van der Waals surface area contributed by atoms with Crippen LogP contribution in [0.2, 0.25) is 0 Å². The van der Waals surface area contributed by atoms with E-state index < -0.39 is 5.97 Å². The van der Waals surface area contributed by atoms with Crippen LogP contribution in [0.1, 0.15) is 38.0 Å². The van der Waals surface area contributed by atoms with E-state index in [-0.39, 0.29) is 12.5 Å². The van der Waals surface area contributed by atoms with Gasteiger partial charge in [0.1, 0.15) is 5.76 Å². The van der Waals surface area contributed by atoms with Gasteiger partial charge in [-0.1, -0.05) is 0 Å². The fourth-order valence-electron chi connectivity index (χ4n) is 1.36. The summed E-state index contributed by atoms with van der Waals surface area (Å²) >= 11 is 0. The van der Waals surface area contributed by atoms with Crippen LogP contribution in [0.3, 0.4) is 0 Å². The Kier molecular flexibility index (Phi) is 4.90. The largest absolute Gasteiger partial charge is 0.481 e. The fraction of sp³-hybridized carbons (Fsp3) is 0.545. The molecule has 84 valence electrons. The number of hydrogen-bond donors (Lipinski definition) is 2. The van der Waals surface area contributed by atoms with Crippen molar-refractivity contribution >= 4 is 5.97 Å². The van der Waals surface area contributed by atoms with Crippen LogP contribution in [0, 0.1) is 0 Å². The molecule has 1 unspecified atom stereocenters. The number of furan rings is 1. The summed E-state index contributed by atoms with van der Waals surface area (Å²) in [6.07, 6.45) is 3.49. The number of rotatable bonds is 7. The van der Waals surface area contributed by atoms with Crippen molar-refractivity contribution in [1.82, 2.24) is 5.32 Å². The minimum absolute atomic E-state index is 0.185. The third kappa shape index (κ3) is 4.65. The molecule has 2 N–H and O–H groups in total. The molecule has 4 heteroatoms. The minimum Gasteiger partial charge on any atom is -0.481 e. The van der Waals surface area contributed by atoms with Gasteiger partial charge in [-0.2, -0.15) is 0 Å². The summed E-state index contributed by atoms with van der Waals surface area (Å²) in [6.45, 7) is 2.84. The Morgan fingerprint density at radius 1 is 1.60 bits per heavy atom. The van der Waals surface area contributed by atoms with E-state index in [4.69, 9.17) is 9.52 Å². The fourth-order valence-corrected chi connectivity index (χ4v) is 1.36. The van der Waals surface area contributed by atoms with Crippen molar-refractivity contribution < 1.29 is 14.3 Å². The first-order chi connectivity index (χ1) is 7.20. The van der Waals surface area contributed by atoms with Crippen molar-refractivity contribution in [2.45, 2.75) is 32.2 Å². The van der Waals surface area contributed by atoms with E-state index in [1.165, 1.54) is 0 Å². The second-order valence-electron chi connectivity index (χ2n) is 3.54. The third-order valence-electron chi connectivity index (χ3n) is 2.24. The quantitative estimate of drug-likeness (QED) is 0.678. The number of hydrogen-bond acceptors (Lipinski definition) is 3. The highest BCUT2D eigenvalue weighted by molar-refractivity contribution is 5.66. The van der Waals surface area contributed by atoms with Crippen LogP contribution in [-0.2, 0) is 4.79 Å². The Morgan fingerprint density at radius 2 is 2.40 bits per heavy atom. The lowest BCUT2D eigenvalue weighted by Gasteiger charge is -2.10. The Morgan fingerprint density at radius 3 is 3.00 bits per heavy atom. The van der Waals surface area contributed by atoms with Crippen LogP contribution in [0.25, 0.3) is 0 Å². The molecular weight excluding hydrogens is 194 g/mol. The Bertz CT molecular complexity index is 282. The van der Waals surface area contributed by atoms with Gasteiger partial charge in [-0.05, 0) is 38.4 Å². The molecule has 0 spiro atoms. The summed E-state index contributed by atoms with van der Waals surface area (Å²) in [7, 11) is 0. The van der Waals surface area contributed by atoms with Crippen molar-refractivity contribution in [3.63, 3.8) is 0 Å². The van der Waals surface area contributed by atoms with E-state index in [2.05, 4.69) is 5.32 Å². The van der Waals surface area contributed by atoms with Gasteiger partial charge in [-0.15, -0.1) is 0 Å². The van der Waals surface area contributed by atoms with Gasteiger partial charge in [0.15, 0.2) is 0 Å².